The van der Waals surface area contributed by atoms with Crippen LogP contribution in [0.2, 0.25) is 0 Å². The van der Waals surface area contributed by atoms with Gasteiger partial charge < -0.3 is 4.40 Å². The summed E-state index contributed by atoms with van der Waals surface area (Å²) in [5.41, 5.74) is 1.65. The number of nitrogens with zero attached hydrogens (tertiary/aromatic N) is 2. The van der Waals surface area contributed by atoms with Gasteiger partial charge in [-0.05, 0) is 12.1 Å². The Morgan fingerprint density at radius 2 is 2.33 bits per heavy atom. The molecule has 12 heavy (non-hydrogen) atoms. The molecule has 0 unspecified atom stereocenters. The normalized spacial score (nSPS) is 10.4. The summed E-state index contributed by atoms with van der Waals surface area (Å²) in [4.78, 5) is 15.0. The fraction of sp³-hybridized carbons (Fsp3) is 0.111. The molecule has 0 atom stereocenters. The van der Waals surface area contributed by atoms with Crippen molar-refractivity contribution in [3.05, 3.63) is 36.4 Å². The minimum Gasteiger partial charge on any atom is -0.311 e. The van der Waals surface area contributed by atoms with E-state index in [0.717, 1.165) is 5.52 Å². The van der Waals surface area contributed by atoms with Gasteiger partial charge in [0.2, 0.25) is 0 Å². The second kappa shape index (κ2) is 2.44. The third kappa shape index (κ3) is 0.906. The summed E-state index contributed by atoms with van der Waals surface area (Å²) in [6, 6.07) is 3.68. The second-order valence-corrected chi connectivity index (χ2v) is 2.65. The van der Waals surface area contributed by atoms with Gasteiger partial charge in [-0.15, -0.1) is 0 Å². The minimum atomic E-state index is 0.0706. The number of rotatable bonds is 1. The molecule has 0 aromatic carbocycles. The molecule has 2 heterocycles. The van der Waals surface area contributed by atoms with E-state index in [1.807, 2.05) is 10.5 Å². The molecular weight excluding hydrogens is 152 g/mol. The van der Waals surface area contributed by atoms with Crippen molar-refractivity contribution in [3.8, 4) is 0 Å². The van der Waals surface area contributed by atoms with Gasteiger partial charge in [0.15, 0.2) is 5.78 Å². The van der Waals surface area contributed by atoms with Crippen molar-refractivity contribution in [1.82, 2.24) is 9.38 Å². The van der Waals surface area contributed by atoms with Gasteiger partial charge in [0.05, 0.1) is 17.4 Å². The Morgan fingerprint density at radius 3 is 3.08 bits per heavy atom. The van der Waals surface area contributed by atoms with Gasteiger partial charge in [-0.2, -0.15) is 0 Å². The lowest BCUT2D eigenvalue weighted by molar-refractivity contribution is 0.101. The maximum absolute atomic E-state index is 11.1. The molecule has 0 aliphatic heterocycles. The van der Waals surface area contributed by atoms with E-state index < -0.39 is 0 Å². The highest BCUT2D eigenvalue weighted by Gasteiger charge is 2.03. The largest absolute Gasteiger partial charge is 0.311 e. The molecule has 0 radical (unpaired) electrons. The number of Topliss-reactive ketones (excluding diaryl/α,β-unsaturated/α-hetero) is 1. The first kappa shape index (κ1) is 7.03. The standard InChI is InChI=1S/C9H8N2O/c1-7(12)9-3-2-8-6-10-4-5-11(8)9/h2-6H,1H3. The molecule has 2 rings (SSSR count). The molecule has 3 heteroatoms. The Balaban J connectivity index is 2.79. The summed E-state index contributed by atoms with van der Waals surface area (Å²) in [5.74, 6) is 0.0706. The van der Waals surface area contributed by atoms with Crippen LogP contribution in [-0.4, -0.2) is 15.2 Å². The molecule has 0 aliphatic carbocycles. The van der Waals surface area contributed by atoms with E-state index in [0.29, 0.717) is 5.69 Å². The summed E-state index contributed by atoms with van der Waals surface area (Å²) >= 11 is 0. The molecule has 0 saturated carbocycles. The van der Waals surface area contributed by atoms with E-state index >= 15 is 0 Å². The first-order valence-electron chi connectivity index (χ1n) is 3.71. The van der Waals surface area contributed by atoms with Gasteiger partial charge in [0.25, 0.3) is 0 Å². The number of hydrogen-bond donors (Lipinski definition) is 0. The predicted molar refractivity (Wildman–Crippen MR) is 45.2 cm³/mol. The number of hydrogen-bond acceptors (Lipinski definition) is 2. The summed E-state index contributed by atoms with van der Waals surface area (Å²) in [6.45, 7) is 1.56. The highest BCUT2D eigenvalue weighted by molar-refractivity contribution is 5.93. The minimum absolute atomic E-state index is 0.0706. The van der Waals surface area contributed by atoms with Crippen LogP contribution in [0.4, 0.5) is 0 Å². The highest BCUT2D eigenvalue weighted by Crippen LogP contribution is 2.08. The lowest BCUT2D eigenvalue weighted by atomic mass is 10.3. The van der Waals surface area contributed by atoms with Crippen LogP contribution >= 0.6 is 0 Å². The van der Waals surface area contributed by atoms with Crippen molar-refractivity contribution in [2.45, 2.75) is 6.92 Å². The number of aromatic nitrogens is 2. The van der Waals surface area contributed by atoms with Crippen molar-refractivity contribution in [2.75, 3.05) is 0 Å². The molecule has 0 fully saturated rings. The fourth-order valence-electron chi connectivity index (χ4n) is 1.25. The van der Waals surface area contributed by atoms with E-state index in [-0.39, 0.29) is 5.78 Å². The van der Waals surface area contributed by atoms with Gasteiger partial charge in [-0.1, -0.05) is 0 Å². The SMILES string of the molecule is CC(=O)c1ccc2cnccn12. The van der Waals surface area contributed by atoms with Crippen LogP contribution in [-0.2, 0) is 0 Å². The van der Waals surface area contributed by atoms with Crippen LogP contribution < -0.4 is 0 Å². The average molecular weight is 160 g/mol. The Bertz CT molecular complexity index is 431. The van der Waals surface area contributed by atoms with Gasteiger partial charge >= 0.3 is 0 Å². The number of carbonyl (C=O) groups is 1. The van der Waals surface area contributed by atoms with Crippen molar-refractivity contribution in [1.29, 1.82) is 0 Å². The Labute approximate surface area is 69.7 Å². The van der Waals surface area contributed by atoms with Crippen molar-refractivity contribution in [3.63, 3.8) is 0 Å². The van der Waals surface area contributed by atoms with E-state index in [2.05, 4.69) is 4.98 Å². The fourth-order valence-corrected chi connectivity index (χ4v) is 1.25. The van der Waals surface area contributed by atoms with Gasteiger partial charge in [-0.25, -0.2) is 0 Å². The van der Waals surface area contributed by atoms with Gasteiger partial charge in [0, 0.05) is 19.3 Å². The monoisotopic (exact) mass is 160 g/mol. The van der Waals surface area contributed by atoms with Crippen LogP contribution in [0, 0.1) is 0 Å². The average Bonchev–Trinajstić information content (AvgIpc) is 2.47. The number of fused-ring (bicyclic) bond motifs is 1. The molecule has 3 nitrogen and oxygen atoms in total. The summed E-state index contributed by atoms with van der Waals surface area (Å²) in [7, 11) is 0. The molecule has 2 aromatic heterocycles. The zero-order chi connectivity index (χ0) is 8.55. The predicted octanol–water partition coefficient (Wildman–Crippen LogP) is 1.54. The number of ketones is 1. The number of carbonyl (C=O) groups excluding carboxylic acids is 1. The van der Waals surface area contributed by atoms with E-state index in [1.165, 1.54) is 0 Å². The first-order chi connectivity index (χ1) is 5.79. The lowest BCUT2D eigenvalue weighted by Gasteiger charge is -1.96. The molecular formula is C9H8N2O. The van der Waals surface area contributed by atoms with Crippen molar-refractivity contribution >= 4 is 11.3 Å². The molecule has 0 amide bonds. The summed E-state index contributed by atoms with van der Waals surface area (Å²) < 4.78 is 1.83. The summed E-state index contributed by atoms with van der Waals surface area (Å²) in [6.07, 6.45) is 5.18. The quantitative estimate of drug-likeness (QED) is 0.593. The van der Waals surface area contributed by atoms with Gasteiger partial charge in [0.1, 0.15) is 0 Å². The molecule has 0 N–H and O–H groups in total. The lowest BCUT2D eigenvalue weighted by Crippen LogP contribution is -1.97. The van der Waals surface area contributed by atoms with Crippen LogP contribution in [0.3, 0.4) is 0 Å². The van der Waals surface area contributed by atoms with Gasteiger partial charge in [-0.3, -0.25) is 9.78 Å². The van der Waals surface area contributed by atoms with Crippen LogP contribution in [0.1, 0.15) is 17.4 Å². The molecule has 0 bridgehead atoms. The van der Waals surface area contributed by atoms with Crippen LogP contribution in [0.15, 0.2) is 30.7 Å². The molecule has 0 saturated heterocycles. The Morgan fingerprint density at radius 1 is 1.50 bits per heavy atom. The Hall–Kier alpha value is -1.64. The maximum Gasteiger partial charge on any atom is 0.176 e. The summed E-state index contributed by atoms with van der Waals surface area (Å²) in [5, 5.41) is 0. The van der Waals surface area contributed by atoms with Crippen molar-refractivity contribution < 1.29 is 4.79 Å². The smallest absolute Gasteiger partial charge is 0.176 e. The third-order valence-electron chi connectivity index (χ3n) is 1.82. The topological polar surface area (TPSA) is 34.4 Å². The maximum atomic E-state index is 11.1. The second-order valence-electron chi connectivity index (χ2n) is 2.65. The molecule has 2 aromatic rings. The molecule has 60 valence electrons. The van der Waals surface area contributed by atoms with Crippen LogP contribution in [0.5, 0.6) is 0 Å². The van der Waals surface area contributed by atoms with E-state index in [4.69, 9.17) is 0 Å². The van der Waals surface area contributed by atoms with Crippen molar-refractivity contribution in [2.24, 2.45) is 0 Å². The Kier molecular flexibility index (Phi) is 1.43. The zero-order valence-electron chi connectivity index (χ0n) is 6.69. The molecule has 0 spiro atoms. The zero-order valence-corrected chi connectivity index (χ0v) is 6.69. The first-order valence-corrected chi connectivity index (χ1v) is 3.71. The third-order valence-corrected chi connectivity index (χ3v) is 1.82. The van der Waals surface area contributed by atoms with E-state index in [1.54, 1.807) is 31.6 Å². The van der Waals surface area contributed by atoms with E-state index in [9.17, 15) is 4.79 Å². The van der Waals surface area contributed by atoms with Crippen LogP contribution in [0.25, 0.3) is 5.52 Å². The highest BCUT2D eigenvalue weighted by atomic mass is 16.1. The molecule has 0 aliphatic rings.